The van der Waals surface area contributed by atoms with Crippen molar-refractivity contribution in [1.29, 1.82) is 5.26 Å². The molecule has 4 nitrogen and oxygen atoms in total. The van der Waals surface area contributed by atoms with Gasteiger partial charge in [0.25, 0.3) is 0 Å². The Hall–Kier alpha value is -2.54. The number of anilines is 1. The minimum absolute atomic E-state index is 0.525. The highest BCUT2D eigenvalue weighted by atomic mass is 16.5. The molecule has 22 heavy (non-hydrogen) atoms. The van der Waals surface area contributed by atoms with Crippen LogP contribution in [0.2, 0.25) is 0 Å². The Morgan fingerprint density at radius 3 is 2.68 bits per heavy atom. The van der Waals surface area contributed by atoms with E-state index in [-0.39, 0.29) is 0 Å². The van der Waals surface area contributed by atoms with E-state index in [0.29, 0.717) is 17.3 Å². The molecule has 1 N–H and O–H groups in total. The Morgan fingerprint density at radius 2 is 2.00 bits per heavy atom. The third-order valence-corrected chi connectivity index (χ3v) is 3.14. The van der Waals surface area contributed by atoms with E-state index in [4.69, 9.17) is 10.00 Å². The highest BCUT2D eigenvalue weighted by Crippen LogP contribution is 2.14. The number of nitrogens with one attached hydrogen (secondary N) is 1. The van der Waals surface area contributed by atoms with Crippen LogP contribution in [0.5, 0.6) is 5.75 Å². The Labute approximate surface area is 131 Å². The van der Waals surface area contributed by atoms with E-state index in [2.05, 4.69) is 42.4 Å². The molecular weight excluding hydrogens is 274 g/mol. The van der Waals surface area contributed by atoms with E-state index in [9.17, 15) is 0 Å². The molecule has 0 atom stereocenters. The van der Waals surface area contributed by atoms with Gasteiger partial charge in [0.15, 0.2) is 0 Å². The number of benzene rings is 1. The van der Waals surface area contributed by atoms with Crippen LogP contribution in [0.25, 0.3) is 0 Å². The molecule has 114 valence electrons. The summed E-state index contributed by atoms with van der Waals surface area (Å²) >= 11 is 0. The smallest absolute Gasteiger partial charge is 0.143 e. The van der Waals surface area contributed by atoms with Gasteiger partial charge in [0.2, 0.25) is 0 Å². The fourth-order valence-corrected chi connectivity index (χ4v) is 1.98. The van der Waals surface area contributed by atoms with Gasteiger partial charge in [0.05, 0.1) is 12.2 Å². The van der Waals surface area contributed by atoms with Crippen molar-refractivity contribution in [2.75, 3.05) is 18.5 Å². The Bertz CT molecular complexity index is 630. The predicted octanol–water partition coefficient (Wildman–Crippen LogP) is 3.64. The summed E-state index contributed by atoms with van der Waals surface area (Å²) in [4.78, 5) is 4.18. The van der Waals surface area contributed by atoms with E-state index >= 15 is 0 Å². The molecule has 0 aliphatic carbocycles. The Morgan fingerprint density at radius 1 is 1.23 bits per heavy atom. The van der Waals surface area contributed by atoms with Crippen molar-refractivity contribution in [3.05, 3.63) is 53.7 Å². The molecule has 0 unspecified atom stereocenters. The van der Waals surface area contributed by atoms with E-state index in [0.717, 1.165) is 25.3 Å². The quantitative estimate of drug-likeness (QED) is 0.847. The third-order valence-electron chi connectivity index (χ3n) is 3.14. The Balaban J connectivity index is 1.83. The molecule has 0 aliphatic rings. The molecule has 0 aliphatic heterocycles. The van der Waals surface area contributed by atoms with Crippen LogP contribution in [0.15, 0.2) is 42.6 Å². The van der Waals surface area contributed by atoms with Gasteiger partial charge in [-0.1, -0.05) is 26.0 Å². The first-order valence-corrected chi connectivity index (χ1v) is 7.49. The molecule has 0 saturated heterocycles. The largest absolute Gasteiger partial charge is 0.493 e. The third kappa shape index (κ3) is 4.78. The van der Waals surface area contributed by atoms with Crippen molar-refractivity contribution in [2.24, 2.45) is 5.92 Å². The molecular formula is C18H21N3O. The van der Waals surface area contributed by atoms with Crippen LogP contribution >= 0.6 is 0 Å². The summed E-state index contributed by atoms with van der Waals surface area (Å²) < 4.78 is 5.66. The fourth-order valence-electron chi connectivity index (χ4n) is 1.98. The summed E-state index contributed by atoms with van der Waals surface area (Å²) in [5, 5.41) is 12.2. The zero-order valence-corrected chi connectivity index (χ0v) is 13.0. The summed E-state index contributed by atoms with van der Waals surface area (Å²) in [5.74, 6) is 2.07. The maximum absolute atomic E-state index is 9.01. The summed E-state index contributed by atoms with van der Waals surface area (Å²) in [7, 11) is 0. The number of hydrogen-bond donors (Lipinski definition) is 1. The van der Waals surface area contributed by atoms with Crippen LogP contribution in [0.1, 0.15) is 25.0 Å². The van der Waals surface area contributed by atoms with E-state index in [1.165, 1.54) is 5.56 Å². The number of aromatic nitrogens is 1. The Kier molecular flexibility index (Phi) is 5.79. The lowest BCUT2D eigenvalue weighted by atomic mass is 10.1. The lowest BCUT2D eigenvalue weighted by Gasteiger charge is -2.10. The SMILES string of the molecule is CC(C)COc1ccc(CCNc2ncccc2C#N)cc1. The molecule has 4 heteroatoms. The molecule has 0 saturated carbocycles. The standard InChI is InChI=1S/C18H21N3O/c1-14(2)13-22-17-7-5-15(6-8-17)9-11-21-18-16(12-19)4-3-10-20-18/h3-8,10,14H,9,11,13H2,1-2H3,(H,20,21). The van der Waals surface area contributed by atoms with Crippen LogP contribution in [-0.2, 0) is 6.42 Å². The number of rotatable bonds is 7. The summed E-state index contributed by atoms with van der Waals surface area (Å²) in [6, 6.07) is 13.8. The van der Waals surface area contributed by atoms with Crippen molar-refractivity contribution in [1.82, 2.24) is 4.98 Å². The lowest BCUT2D eigenvalue weighted by Crippen LogP contribution is -2.08. The summed E-state index contributed by atoms with van der Waals surface area (Å²) in [6.07, 6.45) is 2.55. The average molecular weight is 295 g/mol. The van der Waals surface area contributed by atoms with Crippen molar-refractivity contribution in [2.45, 2.75) is 20.3 Å². The fraction of sp³-hybridized carbons (Fsp3) is 0.333. The van der Waals surface area contributed by atoms with Crippen LogP contribution < -0.4 is 10.1 Å². The minimum Gasteiger partial charge on any atom is -0.493 e. The molecule has 2 aromatic rings. The number of pyridine rings is 1. The predicted molar refractivity (Wildman–Crippen MR) is 87.9 cm³/mol. The minimum atomic E-state index is 0.525. The normalized spacial score (nSPS) is 10.3. The average Bonchev–Trinajstić information content (AvgIpc) is 2.54. The second kappa shape index (κ2) is 8.04. The van der Waals surface area contributed by atoms with Gasteiger partial charge >= 0.3 is 0 Å². The van der Waals surface area contributed by atoms with Crippen LogP contribution in [0.4, 0.5) is 5.82 Å². The van der Waals surface area contributed by atoms with E-state index < -0.39 is 0 Å². The van der Waals surface area contributed by atoms with Crippen LogP contribution in [-0.4, -0.2) is 18.1 Å². The molecule has 0 fully saturated rings. The number of ether oxygens (including phenoxy) is 1. The van der Waals surface area contributed by atoms with Gasteiger partial charge in [-0.3, -0.25) is 0 Å². The highest BCUT2D eigenvalue weighted by Gasteiger charge is 2.02. The van der Waals surface area contributed by atoms with Gasteiger partial charge in [-0.25, -0.2) is 4.98 Å². The van der Waals surface area contributed by atoms with Crippen molar-refractivity contribution < 1.29 is 4.74 Å². The van der Waals surface area contributed by atoms with E-state index in [1.54, 1.807) is 18.3 Å². The first-order chi connectivity index (χ1) is 10.7. The maximum atomic E-state index is 9.01. The van der Waals surface area contributed by atoms with Crippen LogP contribution in [0.3, 0.4) is 0 Å². The zero-order valence-electron chi connectivity index (χ0n) is 13.0. The molecule has 0 amide bonds. The first-order valence-electron chi connectivity index (χ1n) is 7.49. The summed E-state index contributed by atoms with van der Waals surface area (Å²) in [6.45, 7) is 5.73. The van der Waals surface area contributed by atoms with Gasteiger partial charge in [-0.05, 0) is 42.2 Å². The molecule has 2 rings (SSSR count). The molecule has 0 radical (unpaired) electrons. The molecule has 0 spiro atoms. The second-order valence-corrected chi connectivity index (χ2v) is 5.54. The molecule has 1 aromatic carbocycles. The van der Waals surface area contributed by atoms with Gasteiger partial charge in [-0.15, -0.1) is 0 Å². The monoisotopic (exact) mass is 295 g/mol. The van der Waals surface area contributed by atoms with Gasteiger partial charge in [0.1, 0.15) is 17.6 Å². The second-order valence-electron chi connectivity index (χ2n) is 5.54. The molecule has 1 aromatic heterocycles. The van der Waals surface area contributed by atoms with Crippen molar-refractivity contribution in [3.8, 4) is 11.8 Å². The number of nitrogens with zero attached hydrogens (tertiary/aromatic N) is 2. The van der Waals surface area contributed by atoms with Gasteiger partial charge in [-0.2, -0.15) is 5.26 Å². The number of hydrogen-bond acceptors (Lipinski definition) is 4. The van der Waals surface area contributed by atoms with Crippen molar-refractivity contribution >= 4 is 5.82 Å². The summed E-state index contributed by atoms with van der Waals surface area (Å²) in [5.41, 5.74) is 1.79. The van der Waals surface area contributed by atoms with Crippen molar-refractivity contribution in [3.63, 3.8) is 0 Å². The zero-order chi connectivity index (χ0) is 15.8. The topological polar surface area (TPSA) is 57.9 Å². The van der Waals surface area contributed by atoms with Gasteiger partial charge < -0.3 is 10.1 Å². The highest BCUT2D eigenvalue weighted by molar-refractivity contribution is 5.51. The molecule has 1 heterocycles. The maximum Gasteiger partial charge on any atom is 0.143 e. The first kappa shape index (κ1) is 15.8. The number of nitriles is 1. The van der Waals surface area contributed by atoms with Crippen LogP contribution in [0, 0.1) is 17.2 Å². The van der Waals surface area contributed by atoms with Gasteiger partial charge in [0, 0.05) is 12.7 Å². The lowest BCUT2D eigenvalue weighted by molar-refractivity contribution is 0.271. The molecule has 0 bridgehead atoms. The van der Waals surface area contributed by atoms with E-state index in [1.807, 2.05) is 12.1 Å².